The monoisotopic (exact) mass is 445 g/mol. The Morgan fingerprint density at radius 1 is 1.06 bits per heavy atom. The summed E-state index contributed by atoms with van der Waals surface area (Å²) in [4.78, 5) is 27.9. The fraction of sp³-hybridized carbons (Fsp3) is 0.231. The fourth-order valence-corrected chi connectivity index (χ4v) is 4.01. The number of hydrogen-bond donors (Lipinski definition) is 1. The van der Waals surface area contributed by atoms with Gasteiger partial charge in [0.15, 0.2) is 5.76 Å². The molecule has 2 heterocycles. The van der Waals surface area contributed by atoms with E-state index in [-0.39, 0.29) is 23.8 Å². The summed E-state index contributed by atoms with van der Waals surface area (Å²) in [5, 5.41) is 4.29. The second-order valence-corrected chi connectivity index (χ2v) is 8.03. The highest BCUT2D eigenvalue weighted by atomic mass is 16.5. The van der Waals surface area contributed by atoms with Crippen LogP contribution >= 0.6 is 0 Å². The zero-order chi connectivity index (χ0) is 23.4. The van der Waals surface area contributed by atoms with E-state index in [9.17, 15) is 9.59 Å². The maximum atomic E-state index is 13.6. The Hall–Kier alpha value is -3.84. The molecule has 0 saturated carbocycles. The van der Waals surface area contributed by atoms with E-state index >= 15 is 0 Å². The van der Waals surface area contributed by atoms with Gasteiger partial charge in [-0.1, -0.05) is 30.3 Å². The number of aromatic nitrogens is 1. The van der Waals surface area contributed by atoms with Crippen LogP contribution in [0.5, 0.6) is 5.75 Å². The second kappa shape index (κ2) is 9.75. The van der Waals surface area contributed by atoms with Crippen molar-refractivity contribution in [3.8, 4) is 16.9 Å². The lowest BCUT2D eigenvalue weighted by Crippen LogP contribution is -2.34. The summed E-state index contributed by atoms with van der Waals surface area (Å²) >= 11 is 0. The highest BCUT2D eigenvalue weighted by Crippen LogP contribution is 2.33. The maximum absolute atomic E-state index is 13.6. The SMILES string of the molecule is COc1ccc2c(=O)n(CCNC(=O)c3ccco3)c(CN(C)C)c(-c3ccccc3)c2c1. The average molecular weight is 446 g/mol. The third-order valence-corrected chi connectivity index (χ3v) is 5.48. The largest absolute Gasteiger partial charge is 0.497 e. The summed E-state index contributed by atoms with van der Waals surface area (Å²) in [6.45, 7) is 1.17. The van der Waals surface area contributed by atoms with Crippen LogP contribution in [0.15, 0.2) is 76.1 Å². The number of ether oxygens (including phenoxy) is 1. The minimum atomic E-state index is -0.309. The van der Waals surface area contributed by atoms with Crippen LogP contribution in [0.1, 0.15) is 16.2 Å². The predicted molar refractivity (Wildman–Crippen MR) is 129 cm³/mol. The van der Waals surface area contributed by atoms with E-state index in [2.05, 4.69) is 5.32 Å². The topological polar surface area (TPSA) is 76.7 Å². The van der Waals surface area contributed by atoms with Crippen molar-refractivity contribution < 1.29 is 13.9 Å². The smallest absolute Gasteiger partial charge is 0.287 e. The molecule has 2 aromatic heterocycles. The van der Waals surface area contributed by atoms with Gasteiger partial charge in [-0.2, -0.15) is 0 Å². The van der Waals surface area contributed by atoms with Crippen molar-refractivity contribution in [3.05, 3.63) is 88.7 Å². The summed E-state index contributed by atoms with van der Waals surface area (Å²) in [5.74, 6) is 0.626. The Labute approximate surface area is 192 Å². The zero-order valence-corrected chi connectivity index (χ0v) is 19.0. The van der Waals surface area contributed by atoms with Crippen molar-refractivity contribution in [1.29, 1.82) is 0 Å². The lowest BCUT2D eigenvalue weighted by atomic mass is 9.96. The third kappa shape index (κ3) is 4.68. The summed E-state index contributed by atoms with van der Waals surface area (Å²) in [6.07, 6.45) is 1.46. The van der Waals surface area contributed by atoms with Crippen LogP contribution in [0.3, 0.4) is 0 Å². The Balaban J connectivity index is 1.85. The third-order valence-electron chi connectivity index (χ3n) is 5.48. The van der Waals surface area contributed by atoms with Gasteiger partial charge in [0.1, 0.15) is 5.75 Å². The number of fused-ring (bicyclic) bond motifs is 1. The normalized spacial score (nSPS) is 11.2. The molecule has 0 unspecified atom stereocenters. The molecule has 0 aliphatic rings. The second-order valence-electron chi connectivity index (χ2n) is 8.03. The Kier molecular flexibility index (Phi) is 6.60. The molecular weight excluding hydrogens is 418 g/mol. The standard InChI is InChI=1S/C26H27N3O4/c1-28(2)17-22-24(18-8-5-4-6-9-18)21-16-19(32-3)11-12-20(21)26(31)29(22)14-13-27-25(30)23-10-7-15-33-23/h4-12,15-16H,13-14,17H2,1-3H3,(H,27,30). The van der Waals surface area contributed by atoms with Gasteiger partial charge in [0, 0.05) is 41.7 Å². The number of pyridine rings is 1. The van der Waals surface area contributed by atoms with E-state index in [1.165, 1.54) is 6.26 Å². The molecule has 7 heteroatoms. The Morgan fingerprint density at radius 3 is 2.52 bits per heavy atom. The number of methoxy groups -OCH3 is 1. The molecule has 0 atom stereocenters. The number of hydrogen-bond acceptors (Lipinski definition) is 5. The fourth-order valence-electron chi connectivity index (χ4n) is 4.01. The predicted octanol–water partition coefficient (Wildman–Crippen LogP) is 3.76. The molecule has 7 nitrogen and oxygen atoms in total. The molecular formula is C26H27N3O4. The number of amides is 1. The number of benzene rings is 2. The maximum Gasteiger partial charge on any atom is 0.287 e. The van der Waals surface area contributed by atoms with Crippen molar-refractivity contribution in [2.75, 3.05) is 27.7 Å². The van der Waals surface area contributed by atoms with E-state index in [0.717, 1.165) is 22.2 Å². The van der Waals surface area contributed by atoms with Gasteiger partial charge in [-0.15, -0.1) is 0 Å². The molecule has 0 aliphatic carbocycles. The van der Waals surface area contributed by atoms with Crippen molar-refractivity contribution in [3.63, 3.8) is 0 Å². The van der Waals surface area contributed by atoms with Gasteiger partial charge in [0.2, 0.25) is 0 Å². The van der Waals surface area contributed by atoms with Crippen LogP contribution < -0.4 is 15.6 Å². The number of nitrogens with one attached hydrogen (secondary N) is 1. The lowest BCUT2D eigenvalue weighted by molar-refractivity contribution is 0.0924. The summed E-state index contributed by atoms with van der Waals surface area (Å²) in [5.41, 5.74) is 2.77. The minimum absolute atomic E-state index is 0.101. The quantitative estimate of drug-likeness (QED) is 0.447. The van der Waals surface area contributed by atoms with E-state index in [0.29, 0.717) is 24.2 Å². The number of carbonyl (C=O) groups excluding carboxylic acids is 1. The molecule has 0 bridgehead atoms. The van der Waals surface area contributed by atoms with Gasteiger partial charge < -0.3 is 23.9 Å². The zero-order valence-electron chi connectivity index (χ0n) is 19.0. The lowest BCUT2D eigenvalue weighted by Gasteiger charge is -2.23. The van der Waals surface area contributed by atoms with E-state index in [1.807, 2.05) is 55.4 Å². The Bertz CT molecular complexity index is 1310. The summed E-state index contributed by atoms with van der Waals surface area (Å²) in [6, 6.07) is 18.8. The van der Waals surface area contributed by atoms with Crippen LogP contribution in [0.2, 0.25) is 0 Å². The first-order chi connectivity index (χ1) is 16.0. The minimum Gasteiger partial charge on any atom is -0.497 e. The van der Waals surface area contributed by atoms with Gasteiger partial charge in [-0.05, 0) is 50.0 Å². The summed E-state index contributed by atoms with van der Waals surface area (Å²) in [7, 11) is 5.56. The van der Waals surface area contributed by atoms with Crippen LogP contribution in [0, 0.1) is 0 Å². The number of furan rings is 1. The highest BCUT2D eigenvalue weighted by Gasteiger charge is 2.19. The number of carbonyl (C=O) groups is 1. The van der Waals surface area contributed by atoms with Crippen LogP contribution in [0.25, 0.3) is 21.9 Å². The molecule has 170 valence electrons. The van der Waals surface area contributed by atoms with Gasteiger partial charge in [-0.3, -0.25) is 9.59 Å². The van der Waals surface area contributed by atoms with Crippen LogP contribution in [-0.2, 0) is 13.1 Å². The van der Waals surface area contributed by atoms with E-state index in [1.54, 1.807) is 35.9 Å². The average Bonchev–Trinajstić information content (AvgIpc) is 3.36. The molecule has 1 N–H and O–H groups in total. The van der Waals surface area contributed by atoms with Gasteiger partial charge in [-0.25, -0.2) is 0 Å². The number of rotatable bonds is 8. The first kappa shape index (κ1) is 22.4. The molecule has 0 fully saturated rings. The molecule has 0 spiro atoms. The summed E-state index contributed by atoms with van der Waals surface area (Å²) < 4.78 is 12.4. The van der Waals surface area contributed by atoms with Crippen LogP contribution in [0.4, 0.5) is 0 Å². The van der Waals surface area contributed by atoms with Gasteiger partial charge in [0.05, 0.1) is 13.4 Å². The van der Waals surface area contributed by atoms with Crippen molar-refractivity contribution >= 4 is 16.7 Å². The molecule has 33 heavy (non-hydrogen) atoms. The molecule has 0 aliphatic heterocycles. The first-order valence-corrected chi connectivity index (χ1v) is 10.7. The molecule has 0 saturated heterocycles. The van der Waals surface area contributed by atoms with E-state index < -0.39 is 0 Å². The highest BCUT2D eigenvalue weighted by molar-refractivity contribution is 5.98. The molecule has 4 rings (SSSR count). The molecule has 2 aromatic carbocycles. The van der Waals surface area contributed by atoms with Gasteiger partial charge in [0.25, 0.3) is 11.5 Å². The van der Waals surface area contributed by atoms with Crippen molar-refractivity contribution in [2.45, 2.75) is 13.1 Å². The Morgan fingerprint density at radius 2 is 1.85 bits per heavy atom. The van der Waals surface area contributed by atoms with Gasteiger partial charge >= 0.3 is 0 Å². The molecule has 0 radical (unpaired) electrons. The van der Waals surface area contributed by atoms with Crippen molar-refractivity contribution in [1.82, 2.24) is 14.8 Å². The molecule has 4 aromatic rings. The number of nitrogens with zero attached hydrogens (tertiary/aromatic N) is 2. The van der Waals surface area contributed by atoms with Crippen LogP contribution in [-0.4, -0.2) is 43.1 Å². The first-order valence-electron chi connectivity index (χ1n) is 10.7. The van der Waals surface area contributed by atoms with Crippen molar-refractivity contribution in [2.24, 2.45) is 0 Å². The molecule has 1 amide bonds. The van der Waals surface area contributed by atoms with E-state index in [4.69, 9.17) is 9.15 Å².